The van der Waals surface area contributed by atoms with E-state index in [1.165, 1.54) is 13.8 Å². The summed E-state index contributed by atoms with van der Waals surface area (Å²) in [6.07, 6.45) is 0. The largest absolute Gasteiger partial charge is 0.497 e. The van der Waals surface area contributed by atoms with Gasteiger partial charge in [0, 0.05) is 33.6 Å². The van der Waals surface area contributed by atoms with Crippen LogP contribution in [0.25, 0.3) is 0 Å². The van der Waals surface area contributed by atoms with Gasteiger partial charge in [0.05, 0.1) is 7.11 Å². The van der Waals surface area contributed by atoms with Crippen molar-refractivity contribution in [3.8, 4) is 5.75 Å². The van der Waals surface area contributed by atoms with Crippen LogP contribution < -0.4 is 10.1 Å². The van der Waals surface area contributed by atoms with Gasteiger partial charge in [0.1, 0.15) is 11.6 Å². The number of esters is 2. The Morgan fingerprint density at radius 2 is 1.61 bits per heavy atom. The van der Waals surface area contributed by atoms with E-state index in [9.17, 15) is 9.59 Å². The number of hydrogen-bond donors (Lipinski definition) is 1. The maximum atomic E-state index is 12.2. The molecule has 2 rings (SSSR count). The van der Waals surface area contributed by atoms with Gasteiger partial charge >= 0.3 is 11.9 Å². The number of anilines is 1. The lowest BCUT2D eigenvalue weighted by atomic mass is 10.2. The Balaban J connectivity index is 2.36. The molecule has 1 saturated heterocycles. The summed E-state index contributed by atoms with van der Waals surface area (Å²) < 4.78 is 15.4. The van der Waals surface area contributed by atoms with Crippen LogP contribution in [0.3, 0.4) is 0 Å². The van der Waals surface area contributed by atoms with Crippen molar-refractivity contribution in [2.24, 2.45) is 0 Å². The minimum atomic E-state index is -1.27. The van der Waals surface area contributed by atoms with Crippen molar-refractivity contribution in [2.45, 2.75) is 19.6 Å². The van der Waals surface area contributed by atoms with E-state index >= 15 is 0 Å². The summed E-state index contributed by atoms with van der Waals surface area (Å²) in [5.74, 6) is -1.73. The van der Waals surface area contributed by atoms with Gasteiger partial charge < -0.3 is 24.4 Å². The molecule has 7 heteroatoms. The van der Waals surface area contributed by atoms with Gasteiger partial charge in [-0.1, -0.05) is 0 Å². The first-order valence-electron chi connectivity index (χ1n) is 7.03. The lowest BCUT2D eigenvalue weighted by Gasteiger charge is -2.32. The summed E-state index contributed by atoms with van der Waals surface area (Å²) in [5, 5.41) is 3.04. The normalized spacial score (nSPS) is 16.3. The monoisotopic (exact) mass is 320 g/mol. The van der Waals surface area contributed by atoms with Gasteiger partial charge in [-0.25, -0.2) is 9.59 Å². The fraction of sp³-hybridized carbons (Fsp3) is 0.375. The first-order chi connectivity index (χ1) is 10.7. The van der Waals surface area contributed by atoms with Crippen LogP contribution in [0.15, 0.2) is 35.7 Å². The molecular formula is C16H20N2O5. The molecule has 0 unspecified atom stereocenters. The average Bonchev–Trinajstić information content (AvgIpc) is 2.44. The Bertz CT molecular complexity index is 625. The molecule has 1 aromatic rings. The number of ether oxygens (including phenoxy) is 3. The number of nitrogens with one attached hydrogen (secondary N) is 1. The fourth-order valence-corrected chi connectivity index (χ4v) is 2.06. The molecule has 23 heavy (non-hydrogen) atoms. The van der Waals surface area contributed by atoms with E-state index in [4.69, 9.17) is 14.2 Å². The number of benzene rings is 1. The van der Waals surface area contributed by atoms with Gasteiger partial charge in [-0.15, -0.1) is 0 Å². The van der Waals surface area contributed by atoms with Crippen molar-refractivity contribution < 1.29 is 23.8 Å². The molecule has 0 aliphatic carbocycles. The van der Waals surface area contributed by atoms with Crippen molar-refractivity contribution in [3.63, 3.8) is 0 Å². The SMILES string of the molecule is COc1ccc(NC(=C2C(=O)OC(C)(C)OC2=O)N(C)C)cc1. The molecule has 0 amide bonds. The van der Waals surface area contributed by atoms with E-state index < -0.39 is 17.7 Å². The fourth-order valence-electron chi connectivity index (χ4n) is 2.06. The minimum absolute atomic E-state index is 0.176. The minimum Gasteiger partial charge on any atom is -0.497 e. The summed E-state index contributed by atoms with van der Waals surface area (Å²) >= 11 is 0. The number of rotatable bonds is 4. The molecule has 124 valence electrons. The lowest BCUT2D eigenvalue weighted by molar-refractivity contribution is -0.222. The van der Waals surface area contributed by atoms with Crippen molar-refractivity contribution in [1.82, 2.24) is 4.90 Å². The topological polar surface area (TPSA) is 77.1 Å². The summed E-state index contributed by atoms with van der Waals surface area (Å²) in [5.41, 5.74) is 0.512. The van der Waals surface area contributed by atoms with Crippen molar-refractivity contribution >= 4 is 17.6 Å². The zero-order chi connectivity index (χ0) is 17.2. The zero-order valence-corrected chi connectivity index (χ0v) is 13.8. The molecule has 1 fully saturated rings. The van der Waals surface area contributed by atoms with Gasteiger partial charge in [0.25, 0.3) is 5.79 Å². The van der Waals surface area contributed by atoms with Crippen molar-refractivity contribution in [3.05, 3.63) is 35.7 Å². The molecule has 0 spiro atoms. The molecule has 1 heterocycles. The second-order valence-corrected chi connectivity index (χ2v) is 5.65. The van der Waals surface area contributed by atoms with Gasteiger partial charge in [0.15, 0.2) is 5.57 Å². The van der Waals surface area contributed by atoms with E-state index in [1.54, 1.807) is 50.4 Å². The van der Waals surface area contributed by atoms with Gasteiger partial charge in [0.2, 0.25) is 0 Å². The molecular weight excluding hydrogens is 300 g/mol. The highest BCUT2D eigenvalue weighted by Crippen LogP contribution is 2.26. The van der Waals surface area contributed by atoms with Crippen LogP contribution in [0.4, 0.5) is 5.69 Å². The third kappa shape index (κ3) is 3.74. The third-order valence-corrected chi connectivity index (χ3v) is 3.12. The van der Waals surface area contributed by atoms with Gasteiger partial charge in [-0.05, 0) is 24.3 Å². The molecule has 0 bridgehead atoms. The maximum absolute atomic E-state index is 12.2. The zero-order valence-electron chi connectivity index (χ0n) is 13.8. The Kier molecular flexibility index (Phi) is 4.49. The predicted molar refractivity (Wildman–Crippen MR) is 83.6 cm³/mol. The van der Waals surface area contributed by atoms with E-state index in [2.05, 4.69) is 5.32 Å². The molecule has 0 atom stereocenters. The average molecular weight is 320 g/mol. The molecule has 7 nitrogen and oxygen atoms in total. The molecule has 1 aromatic carbocycles. The van der Waals surface area contributed by atoms with Crippen LogP contribution >= 0.6 is 0 Å². The van der Waals surface area contributed by atoms with Crippen LogP contribution in [0.2, 0.25) is 0 Å². The highest BCUT2D eigenvalue weighted by Gasteiger charge is 2.41. The van der Waals surface area contributed by atoms with Crippen LogP contribution in [0.5, 0.6) is 5.75 Å². The smallest absolute Gasteiger partial charge is 0.352 e. The number of hydrogen-bond acceptors (Lipinski definition) is 7. The Labute approximate surface area is 134 Å². The van der Waals surface area contributed by atoms with Crippen LogP contribution in [-0.2, 0) is 19.1 Å². The van der Waals surface area contributed by atoms with Crippen molar-refractivity contribution in [2.75, 3.05) is 26.5 Å². The number of carbonyl (C=O) groups is 2. The second-order valence-electron chi connectivity index (χ2n) is 5.65. The molecule has 1 N–H and O–H groups in total. The van der Waals surface area contributed by atoms with Crippen molar-refractivity contribution in [1.29, 1.82) is 0 Å². The second kappa shape index (κ2) is 6.20. The standard InChI is InChI=1S/C16H20N2O5/c1-16(2)22-14(19)12(15(20)23-16)13(18(3)4)17-10-6-8-11(21-5)9-7-10/h6-9,17H,1-5H3. The molecule has 1 aliphatic heterocycles. The first kappa shape index (κ1) is 16.7. The molecule has 0 radical (unpaired) electrons. The number of cyclic esters (lactones) is 2. The van der Waals surface area contributed by atoms with Crippen LogP contribution in [-0.4, -0.2) is 43.8 Å². The maximum Gasteiger partial charge on any atom is 0.352 e. The van der Waals surface area contributed by atoms with Gasteiger partial charge in [-0.3, -0.25) is 0 Å². The van der Waals surface area contributed by atoms with E-state index in [1.807, 2.05) is 0 Å². The Morgan fingerprint density at radius 3 is 2.04 bits per heavy atom. The number of nitrogens with zero attached hydrogens (tertiary/aromatic N) is 1. The van der Waals surface area contributed by atoms with E-state index in [0.717, 1.165) is 0 Å². The molecule has 1 aliphatic rings. The summed E-state index contributed by atoms with van der Waals surface area (Å²) in [6, 6.07) is 7.07. The quantitative estimate of drug-likeness (QED) is 0.514. The highest BCUT2D eigenvalue weighted by atomic mass is 16.7. The highest BCUT2D eigenvalue weighted by molar-refractivity contribution is 6.16. The predicted octanol–water partition coefficient (Wildman–Crippen LogP) is 1.72. The van der Waals surface area contributed by atoms with Crippen LogP contribution in [0.1, 0.15) is 13.8 Å². The molecule has 0 aromatic heterocycles. The summed E-state index contributed by atoms with van der Waals surface area (Å²) in [4.78, 5) is 26.0. The third-order valence-electron chi connectivity index (χ3n) is 3.12. The Hall–Kier alpha value is -2.70. The summed E-state index contributed by atoms with van der Waals surface area (Å²) in [6.45, 7) is 3.01. The number of methoxy groups -OCH3 is 1. The number of carbonyl (C=O) groups excluding carboxylic acids is 2. The Morgan fingerprint density at radius 1 is 1.09 bits per heavy atom. The van der Waals surface area contributed by atoms with E-state index in [-0.39, 0.29) is 5.57 Å². The van der Waals surface area contributed by atoms with E-state index in [0.29, 0.717) is 17.3 Å². The first-order valence-corrected chi connectivity index (χ1v) is 7.03. The van der Waals surface area contributed by atoms with Gasteiger partial charge in [-0.2, -0.15) is 0 Å². The van der Waals surface area contributed by atoms with Crippen LogP contribution in [0, 0.1) is 0 Å². The molecule has 0 saturated carbocycles. The lowest BCUT2D eigenvalue weighted by Crippen LogP contribution is -2.44. The summed E-state index contributed by atoms with van der Waals surface area (Å²) in [7, 11) is 4.99.